The first kappa shape index (κ1) is 14.6. The summed E-state index contributed by atoms with van der Waals surface area (Å²) in [4.78, 5) is 32.1. The number of rotatable bonds is 5. The summed E-state index contributed by atoms with van der Waals surface area (Å²) in [5.74, 6) is 1.23. The molecule has 6 heteroatoms. The fourth-order valence-corrected chi connectivity index (χ4v) is 2.25. The lowest BCUT2D eigenvalue weighted by Crippen LogP contribution is -2.39. The van der Waals surface area contributed by atoms with Crippen molar-refractivity contribution < 1.29 is 0 Å². The van der Waals surface area contributed by atoms with Crippen molar-refractivity contribution in [3.8, 4) is 0 Å². The number of aryl methyl sites for hydroxylation is 2. The molecule has 0 amide bonds. The van der Waals surface area contributed by atoms with Gasteiger partial charge in [0.1, 0.15) is 11.3 Å². The molecule has 0 aromatic carbocycles. The van der Waals surface area contributed by atoms with E-state index >= 15 is 0 Å². The molecule has 0 bridgehead atoms. The summed E-state index contributed by atoms with van der Waals surface area (Å²) in [7, 11) is 0. The molecule has 0 aliphatic carbocycles. The van der Waals surface area contributed by atoms with Crippen LogP contribution in [0.3, 0.4) is 0 Å². The molecular formula is C14H22N4O2. The van der Waals surface area contributed by atoms with Crippen LogP contribution in [-0.4, -0.2) is 19.1 Å². The molecular weight excluding hydrogens is 256 g/mol. The van der Waals surface area contributed by atoms with Gasteiger partial charge in [0.2, 0.25) is 0 Å². The van der Waals surface area contributed by atoms with Crippen LogP contribution in [0.4, 0.5) is 0 Å². The maximum absolute atomic E-state index is 12.4. The van der Waals surface area contributed by atoms with E-state index in [0.717, 1.165) is 12.2 Å². The molecule has 0 spiro atoms. The number of hydrogen-bond acceptors (Lipinski definition) is 3. The Kier molecular flexibility index (Phi) is 4.11. The van der Waals surface area contributed by atoms with Crippen LogP contribution < -0.4 is 11.2 Å². The van der Waals surface area contributed by atoms with Gasteiger partial charge in [-0.2, -0.15) is 0 Å². The van der Waals surface area contributed by atoms with Crippen molar-refractivity contribution in [1.82, 2.24) is 19.1 Å². The van der Waals surface area contributed by atoms with Gasteiger partial charge in [0.25, 0.3) is 5.56 Å². The lowest BCUT2D eigenvalue weighted by atomic mass is 10.1. The molecule has 2 aromatic rings. The summed E-state index contributed by atoms with van der Waals surface area (Å²) < 4.78 is 2.89. The summed E-state index contributed by atoms with van der Waals surface area (Å²) >= 11 is 0. The van der Waals surface area contributed by atoms with Gasteiger partial charge in [-0.05, 0) is 19.3 Å². The fourth-order valence-electron chi connectivity index (χ4n) is 2.25. The second kappa shape index (κ2) is 5.64. The Hall–Kier alpha value is -1.85. The van der Waals surface area contributed by atoms with Gasteiger partial charge in [-0.1, -0.05) is 20.8 Å². The monoisotopic (exact) mass is 278 g/mol. The van der Waals surface area contributed by atoms with Gasteiger partial charge in [0.15, 0.2) is 5.65 Å². The van der Waals surface area contributed by atoms with Crippen LogP contribution in [0.1, 0.15) is 39.9 Å². The Balaban J connectivity index is 2.72. The average Bonchev–Trinajstić information content (AvgIpc) is 2.83. The average molecular weight is 278 g/mol. The van der Waals surface area contributed by atoms with Gasteiger partial charge in [-0.15, -0.1) is 0 Å². The van der Waals surface area contributed by atoms with Crippen molar-refractivity contribution in [2.45, 2.75) is 53.6 Å². The fraction of sp³-hybridized carbons (Fsp3) is 0.643. The molecule has 0 unspecified atom stereocenters. The Morgan fingerprint density at radius 1 is 1.20 bits per heavy atom. The first-order chi connectivity index (χ1) is 9.49. The number of hydrogen-bond donors (Lipinski definition) is 1. The molecule has 2 aromatic heterocycles. The number of nitrogens with one attached hydrogen (secondary N) is 1. The zero-order chi connectivity index (χ0) is 14.9. The van der Waals surface area contributed by atoms with Crippen LogP contribution in [0, 0.1) is 5.92 Å². The van der Waals surface area contributed by atoms with Crippen LogP contribution in [0.25, 0.3) is 11.2 Å². The summed E-state index contributed by atoms with van der Waals surface area (Å²) in [6.07, 6.45) is 1.59. The van der Waals surface area contributed by atoms with Gasteiger partial charge in [0.05, 0.1) is 0 Å². The second-order valence-corrected chi connectivity index (χ2v) is 5.40. The normalized spacial score (nSPS) is 11.7. The minimum Gasteiger partial charge on any atom is -0.336 e. The molecule has 2 heterocycles. The zero-order valence-corrected chi connectivity index (χ0v) is 12.6. The topological polar surface area (TPSA) is 72.7 Å². The summed E-state index contributed by atoms with van der Waals surface area (Å²) in [5.41, 5.74) is 0.384. The molecule has 0 aliphatic heterocycles. The maximum Gasteiger partial charge on any atom is 0.332 e. The number of imidazole rings is 1. The van der Waals surface area contributed by atoms with Crippen molar-refractivity contribution in [1.29, 1.82) is 0 Å². The first-order valence-corrected chi connectivity index (χ1v) is 7.21. The van der Waals surface area contributed by atoms with E-state index in [0.29, 0.717) is 36.6 Å². The third kappa shape index (κ3) is 2.42. The maximum atomic E-state index is 12.4. The Bertz CT molecular complexity index is 721. The Morgan fingerprint density at radius 3 is 2.45 bits per heavy atom. The number of H-pyrrole nitrogens is 1. The third-order valence-electron chi connectivity index (χ3n) is 3.49. The largest absolute Gasteiger partial charge is 0.336 e. The van der Waals surface area contributed by atoms with Gasteiger partial charge in [0, 0.05) is 19.5 Å². The number of fused-ring (bicyclic) bond motifs is 1. The number of aromatic amines is 1. The SMILES string of the molecule is CCc1nc2c([nH]1)c(=O)n(CC)c(=O)n2CCC(C)C. The van der Waals surface area contributed by atoms with Gasteiger partial charge >= 0.3 is 5.69 Å². The van der Waals surface area contributed by atoms with Crippen LogP contribution >= 0.6 is 0 Å². The highest BCUT2D eigenvalue weighted by Crippen LogP contribution is 2.09. The molecule has 20 heavy (non-hydrogen) atoms. The lowest BCUT2D eigenvalue weighted by molar-refractivity contribution is 0.493. The lowest BCUT2D eigenvalue weighted by Gasteiger charge is -2.11. The summed E-state index contributed by atoms with van der Waals surface area (Å²) in [6, 6.07) is 0. The highest BCUT2D eigenvalue weighted by atomic mass is 16.2. The summed E-state index contributed by atoms with van der Waals surface area (Å²) in [6.45, 7) is 8.95. The highest BCUT2D eigenvalue weighted by Gasteiger charge is 2.16. The minimum atomic E-state index is -0.277. The molecule has 2 rings (SSSR count). The Labute approximate surface area is 117 Å². The molecule has 110 valence electrons. The van der Waals surface area contributed by atoms with Crippen molar-refractivity contribution in [3.63, 3.8) is 0 Å². The van der Waals surface area contributed by atoms with Crippen molar-refractivity contribution in [2.24, 2.45) is 5.92 Å². The predicted octanol–water partition coefficient (Wildman–Crippen LogP) is 1.51. The molecule has 0 saturated heterocycles. The van der Waals surface area contributed by atoms with E-state index < -0.39 is 0 Å². The second-order valence-electron chi connectivity index (χ2n) is 5.40. The van der Waals surface area contributed by atoms with E-state index in [4.69, 9.17) is 0 Å². The third-order valence-corrected chi connectivity index (χ3v) is 3.49. The zero-order valence-electron chi connectivity index (χ0n) is 12.6. The molecule has 0 radical (unpaired) electrons. The Morgan fingerprint density at radius 2 is 1.90 bits per heavy atom. The molecule has 0 saturated carbocycles. The van der Waals surface area contributed by atoms with Crippen molar-refractivity contribution in [2.75, 3.05) is 0 Å². The molecule has 0 fully saturated rings. The molecule has 6 nitrogen and oxygen atoms in total. The van der Waals surface area contributed by atoms with Crippen LogP contribution in [0.15, 0.2) is 9.59 Å². The van der Waals surface area contributed by atoms with E-state index in [2.05, 4.69) is 23.8 Å². The van der Waals surface area contributed by atoms with E-state index in [-0.39, 0.29) is 11.2 Å². The summed E-state index contributed by atoms with van der Waals surface area (Å²) in [5, 5.41) is 0. The van der Waals surface area contributed by atoms with Crippen LogP contribution in [0.5, 0.6) is 0 Å². The van der Waals surface area contributed by atoms with Crippen molar-refractivity contribution >= 4 is 11.2 Å². The number of aromatic nitrogens is 4. The van der Waals surface area contributed by atoms with E-state index in [1.54, 1.807) is 11.5 Å². The standard InChI is InChI=1S/C14H22N4O2/c1-5-10-15-11-12(16-10)18(8-7-9(3)4)14(20)17(6-2)13(11)19/h9H,5-8H2,1-4H3,(H,15,16). The van der Waals surface area contributed by atoms with E-state index in [9.17, 15) is 9.59 Å². The molecule has 0 aliphatic rings. The predicted molar refractivity (Wildman–Crippen MR) is 79.1 cm³/mol. The smallest absolute Gasteiger partial charge is 0.332 e. The minimum absolute atomic E-state index is 0.264. The van der Waals surface area contributed by atoms with Crippen LogP contribution in [-0.2, 0) is 19.5 Å². The van der Waals surface area contributed by atoms with Gasteiger partial charge in [-0.25, -0.2) is 9.78 Å². The van der Waals surface area contributed by atoms with E-state index in [1.807, 2.05) is 6.92 Å². The van der Waals surface area contributed by atoms with Gasteiger partial charge in [-0.3, -0.25) is 13.9 Å². The highest BCUT2D eigenvalue weighted by molar-refractivity contribution is 5.69. The quantitative estimate of drug-likeness (QED) is 0.901. The van der Waals surface area contributed by atoms with Crippen molar-refractivity contribution in [3.05, 3.63) is 26.7 Å². The molecule has 0 atom stereocenters. The number of nitrogens with zero attached hydrogens (tertiary/aromatic N) is 3. The van der Waals surface area contributed by atoms with E-state index in [1.165, 1.54) is 4.57 Å². The first-order valence-electron chi connectivity index (χ1n) is 7.21. The van der Waals surface area contributed by atoms with Gasteiger partial charge < -0.3 is 4.98 Å². The molecule has 1 N–H and O–H groups in total. The van der Waals surface area contributed by atoms with Crippen LogP contribution in [0.2, 0.25) is 0 Å².